The number of hydrogen-bond donors (Lipinski definition) is 0. The van der Waals surface area contributed by atoms with E-state index in [9.17, 15) is 9.18 Å². The van der Waals surface area contributed by atoms with Crippen LogP contribution in [0.1, 0.15) is 18.4 Å². The van der Waals surface area contributed by atoms with Gasteiger partial charge < -0.3 is 9.64 Å². The largest absolute Gasteiger partial charge is 0.378 e. The summed E-state index contributed by atoms with van der Waals surface area (Å²) in [4.78, 5) is 14.2. The molecule has 2 aromatic carbocycles. The maximum absolute atomic E-state index is 14.4. The number of carbonyl (C=O) groups is 1. The first-order chi connectivity index (χ1) is 15.2. The van der Waals surface area contributed by atoms with Crippen molar-refractivity contribution in [3.8, 4) is 11.4 Å². The van der Waals surface area contributed by atoms with Crippen molar-refractivity contribution in [2.75, 3.05) is 32.1 Å². The zero-order valence-electron chi connectivity index (χ0n) is 17.2. The second-order valence-corrected chi connectivity index (χ2v) is 8.37. The van der Waals surface area contributed by atoms with Crippen molar-refractivity contribution in [3.63, 3.8) is 0 Å². The summed E-state index contributed by atoms with van der Waals surface area (Å²) in [7, 11) is 0. The molecule has 0 aliphatic carbocycles. The van der Waals surface area contributed by atoms with Crippen molar-refractivity contribution in [1.82, 2.24) is 19.7 Å². The smallest absolute Gasteiger partial charge is 0.222 e. The number of benzene rings is 2. The standard InChI is InChI=1S/C23H25FN4O2S/c24-20-10-5-4-9-19(20)22-25-26-23(28(22)17-18-7-2-1-3-8-18)31-16-6-11-21(29)27-12-14-30-15-13-27/h1-5,7-10H,6,11-17H2. The van der Waals surface area contributed by atoms with Crippen LogP contribution in [-0.2, 0) is 16.1 Å². The van der Waals surface area contributed by atoms with Crippen LogP contribution in [0.5, 0.6) is 0 Å². The van der Waals surface area contributed by atoms with Gasteiger partial charge in [-0.05, 0) is 24.1 Å². The Kier molecular flexibility index (Phi) is 7.32. The minimum absolute atomic E-state index is 0.168. The maximum atomic E-state index is 14.4. The van der Waals surface area contributed by atoms with Crippen LogP contribution in [0.25, 0.3) is 11.4 Å². The van der Waals surface area contributed by atoms with Crippen molar-refractivity contribution < 1.29 is 13.9 Å². The fourth-order valence-electron chi connectivity index (χ4n) is 3.50. The fraction of sp³-hybridized carbons (Fsp3) is 0.348. The summed E-state index contributed by atoms with van der Waals surface area (Å²) < 4.78 is 21.7. The highest BCUT2D eigenvalue weighted by Gasteiger charge is 2.19. The van der Waals surface area contributed by atoms with E-state index in [1.807, 2.05) is 39.8 Å². The first-order valence-corrected chi connectivity index (χ1v) is 11.4. The van der Waals surface area contributed by atoms with Gasteiger partial charge in [0.15, 0.2) is 11.0 Å². The molecular weight excluding hydrogens is 415 g/mol. The van der Waals surface area contributed by atoms with Crippen molar-refractivity contribution in [2.24, 2.45) is 0 Å². The SMILES string of the molecule is O=C(CCCSc1nnc(-c2ccccc2F)n1Cc1ccccc1)N1CCOCC1. The zero-order chi connectivity index (χ0) is 21.5. The van der Waals surface area contributed by atoms with Gasteiger partial charge in [0, 0.05) is 25.3 Å². The molecule has 0 N–H and O–H groups in total. The van der Waals surface area contributed by atoms with Crippen LogP contribution in [-0.4, -0.2) is 57.6 Å². The molecule has 0 atom stereocenters. The summed E-state index contributed by atoms with van der Waals surface area (Å²) in [6.45, 7) is 3.11. The average Bonchev–Trinajstić information content (AvgIpc) is 3.20. The summed E-state index contributed by atoms with van der Waals surface area (Å²) in [5, 5.41) is 9.35. The molecule has 1 aromatic heterocycles. The Labute approximate surface area is 185 Å². The average molecular weight is 441 g/mol. The number of nitrogens with zero attached hydrogens (tertiary/aromatic N) is 4. The van der Waals surface area contributed by atoms with Crippen LogP contribution in [0.2, 0.25) is 0 Å². The number of morpholine rings is 1. The Morgan fingerprint density at radius 2 is 1.77 bits per heavy atom. The maximum Gasteiger partial charge on any atom is 0.222 e. The van der Waals surface area contributed by atoms with Crippen molar-refractivity contribution in [3.05, 3.63) is 66.0 Å². The molecule has 0 radical (unpaired) electrons. The van der Waals surface area contributed by atoms with E-state index in [4.69, 9.17) is 4.74 Å². The van der Waals surface area contributed by atoms with E-state index in [-0.39, 0.29) is 11.7 Å². The van der Waals surface area contributed by atoms with E-state index in [2.05, 4.69) is 10.2 Å². The molecule has 0 bridgehead atoms. The third-order valence-corrected chi connectivity index (χ3v) is 6.20. The van der Waals surface area contributed by atoms with E-state index in [1.165, 1.54) is 6.07 Å². The summed E-state index contributed by atoms with van der Waals surface area (Å²) in [6, 6.07) is 16.6. The molecule has 1 fully saturated rings. The number of ether oxygens (including phenoxy) is 1. The normalized spacial score (nSPS) is 14.0. The number of rotatable bonds is 8. The van der Waals surface area contributed by atoms with E-state index >= 15 is 0 Å². The lowest BCUT2D eigenvalue weighted by molar-refractivity contribution is -0.135. The number of aromatic nitrogens is 3. The number of halogens is 1. The van der Waals surface area contributed by atoms with Gasteiger partial charge >= 0.3 is 0 Å². The van der Waals surface area contributed by atoms with Crippen LogP contribution in [0.3, 0.4) is 0 Å². The van der Waals surface area contributed by atoms with Crippen molar-refractivity contribution in [2.45, 2.75) is 24.5 Å². The summed E-state index contributed by atoms with van der Waals surface area (Å²) in [6.07, 6.45) is 1.24. The monoisotopic (exact) mass is 440 g/mol. The van der Waals surface area contributed by atoms with E-state index < -0.39 is 0 Å². The lowest BCUT2D eigenvalue weighted by atomic mass is 10.2. The molecule has 2 heterocycles. The van der Waals surface area contributed by atoms with Gasteiger partial charge in [-0.1, -0.05) is 54.2 Å². The molecule has 1 amide bonds. The predicted molar refractivity (Wildman–Crippen MR) is 118 cm³/mol. The van der Waals surface area contributed by atoms with Crippen LogP contribution in [0.15, 0.2) is 59.8 Å². The number of hydrogen-bond acceptors (Lipinski definition) is 5. The van der Waals surface area contributed by atoms with Gasteiger partial charge in [0.05, 0.1) is 25.3 Å². The molecule has 0 unspecified atom stereocenters. The van der Waals surface area contributed by atoms with Gasteiger partial charge in [0.1, 0.15) is 5.82 Å². The predicted octanol–water partition coefficient (Wildman–Crippen LogP) is 3.86. The fourth-order valence-corrected chi connectivity index (χ4v) is 4.38. The Morgan fingerprint density at radius 1 is 1.03 bits per heavy atom. The van der Waals surface area contributed by atoms with E-state index in [1.54, 1.807) is 30.0 Å². The first kappa shape index (κ1) is 21.5. The molecule has 6 nitrogen and oxygen atoms in total. The molecule has 0 saturated carbocycles. The molecule has 31 heavy (non-hydrogen) atoms. The highest BCUT2D eigenvalue weighted by atomic mass is 32.2. The first-order valence-electron chi connectivity index (χ1n) is 10.4. The third-order valence-electron chi connectivity index (χ3n) is 5.15. The third kappa shape index (κ3) is 5.51. The van der Waals surface area contributed by atoms with Gasteiger partial charge in [-0.3, -0.25) is 9.36 Å². The second kappa shape index (κ2) is 10.5. The Morgan fingerprint density at radius 3 is 2.55 bits per heavy atom. The Hall–Kier alpha value is -2.71. The molecule has 1 saturated heterocycles. The Bertz CT molecular complexity index is 1010. The molecule has 1 aliphatic heterocycles. The second-order valence-electron chi connectivity index (χ2n) is 7.30. The van der Waals surface area contributed by atoms with Crippen LogP contribution >= 0.6 is 11.8 Å². The molecule has 3 aromatic rings. The molecule has 8 heteroatoms. The number of carbonyl (C=O) groups excluding carboxylic acids is 1. The molecule has 0 spiro atoms. The zero-order valence-corrected chi connectivity index (χ0v) is 18.1. The molecular formula is C23H25FN4O2S. The van der Waals surface area contributed by atoms with E-state index in [0.717, 1.165) is 22.9 Å². The van der Waals surface area contributed by atoms with Gasteiger partial charge in [-0.25, -0.2) is 4.39 Å². The lowest BCUT2D eigenvalue weighted by Gasteiger charge is -2.26. The highest BCUT2D eigenvalue weighted by molar-refractivity contribution is 7.99. The quantitative estimate of drug-likeness (QED) is 0.393. The van der Waals surface area contributed by atoms with Crippen molar-refractivity contribution >= 4 is 17.7 Å². The van der Waals surface area contributed by atoms with Crippen LogP contribution < -0.4 is 0 Å². The van der Waals surface area contributed by atoms with Crippen LogP contribution in [0.4, 0.5) is 4.39 Å². The topological polar surface area (TPSA) is 60.2 Å². The highest BCUT2D eigenvalue weighted by Crippen LogP contribution is 2.27. The summed E-state index contributed by atoms with van der Waals surface area (Å²) in [5.41, 5.74) is 1.52. The lowest BCUT2D eigenvalue weighted by Crippen LogP contribution is -2.40. The summed E-state index contributed by atoms with van der Waals surface area (Å²) in [5.74, 6) is 1.09. The summed E-state index contributed by atoms with van der Waals surface area (Å²) >= 11 is 1.55. The van der Waals surface area contributed by atoms with Gasteiger partial charge in [0.2, 0.25) is 5.91 Å². The van der Waals surface area contributed by atoms with Gasteiger partial charge in [-0.2, -0.15) is 0 Å². The number of amides is 1. The van der Waals surface area contributed by atoms with Crippen molar-refractivity contribution in [1.29, 1.82) is 0 Å². The molecule has 1 aliphatic rings. The van der Waals surface area contributed by atoms with Crippen LogP contribution in [0, 0.1) is 5.82 Å². The van der Waals surface area contributed by atoms with Gasteiger partial charge in [-0.15, -0.1) is 10.2 Å². The molecule has 4 rings (SSSR count). The minimum Gasteiger partial charge on any atom is -0.378 e. The Balaban J connectivity index is 1.45. The minimum atomic E-state index is -0.322. The van der Waals surface area contributed by atoms with Gasteiger partial charge in [0.25, 0.3) is 0 Å². The van der Waals surface area contributed by atoms with E-state index in [0.29, 0.717) is 50.7 Å². The number of thioether (sulfide) groups is 1. The molecule has 162 valence electrons.